The molecule has 1 rings (SSSR count). The van der Waals surface area contributed by atoms with Crippen LogP contribution in [0.3, 0.4) is 0 Å². The molecule has 1 fully saturated rings. The van der Waals surface area contributed by atoms with Crippen molar-refractivity contribution in [3.8, 4) is 0 Å². The summed E-state index contributed by atoms with van der Waals surface area (Å²) in [5, 5.41) is 3.51. The highest BCUT2D eigenvalue weighted by Gasteiger charge is 2.24. The first-order chi connectivity index (χ1) is 7.67. The van der Waals surface area contributed by atoms with Crippen LogP contribution in [0.1, 0.15) is 59.8 Å². The lowest BCUT2D eigenvalue weighted by atomic mass is 9.88. The molecule has 1 N–H and O–H groups in total. The summed E-state index contributed by atoms with van der Waals surface area (Å²) in [6.07, 6.45) is 7.25. The third-order valence-corrected chi connectivity index (χ3v) is 3.77. The van der Waals surface area contributed by atoms with Gasteiger partial charge in [-0.1, -0.05) is 33.6 Å². The molecule has 0 amide bonds. The SMILES string of the molecule is CCNC(CC)C(C)OC1CCCC(C)C1. The van der Waals surface area contributed by atoms with Crippen molar-refractivity contribution in [1.82, 2.24) is 5.32 Å². The van der Waals surface area contributed by atoms with Crippen molar-refractivity contribution in [3.05, 3.63) is 0 Å². The topological polar surface area (TPSA) is 21.3 Å². The Hall–Kier alpha value is -0.0800. The van der Waals surface area contributed by atoms with Gasteiger partial charge in [-0.3, -0.25) is 0 Å². The molecule has 1 aliphatic rings. The van der Waals surface area contributed by atoms with Gasteiger partial charge in [0.25, 0.3) is 0 Å². The summed E-state index contributed by atoms with van der Waals surface area (Å²) in [6.45, 7) is 10.00. The van der Waals surface area contributed by atoms with Crippen LogP contribution in [0.4, 0.5) is 0 Å². The van der Waals surface area contributed by atoms with Crippen molar-refractivity contribution in [3.63, 3.8) is 0 Å². The van der Waals surface area contributed by atoms with Crippen LogP contribution in [0.2, 0.25) is 0 Å². The van der Waals surface area contributed by atoms with Crippen molar-refractivity contribution in [2.45, 2.75) is 78.0 Å². The van der Waals surface area contributed by atoms with Crippen LogP contribution in [0.5, 0.6) is 0 Å². The van der Waals surface area contributed by atoms with E-state index in [1.807, 2.05) is 0 Å². The molecular formula is C14H29NO. The molecule has 0 aromatic carbocycles. The Labute approximate surface area is 101 Å². The predicted octanol–water partition coefficient (Wildman–Crippen LogP) is 3.36. The fraction of sp³-hybridized carbons (Fsp3) is 1.00. The maximum atomic E-state index is 6.20. The van der Waals surface area contributed by atoms with Crippen LogP contribution in [0, 0.1) is 5.92 Å². The third-order valence-electron chi connectivity index (χ3n) is 3.77. The highest BCUT2D eigenvalue weighted by atomic mass is 16.5. The number of ether oxygens (including phenoxy) is 1. The molecule has 0 aromatic heterocycles. The summed E-state index contributed by atoms with van der Waals surface area (Å²) < 4.78 is 6.20. The zero-order chi connectivity index (χ0) is 12.0. The molecule has 1 saturated carbocycles. The number of rotatable bonds is 6. The average Bonchev–Trinajstić information content (AvgIpc) is 2.25. The second kappa shape index (κ2) is 7.29. The van der Waals surface area contributed by atoms with Gasteiger partial charge in [-0.2, -0.15) is 0 Å². The molecule has 0 bridgehead atoms. The normalized spacial score (nSPS) is 30.0. The molecule has 0 spiro atoms. The first-order valence-corrected chi connectivity index (χ1v) is 7.06. The van der Waals surface area contributed by atoms with E-state index in [2.05, 4.69) is 33.0 Å². The fourth-order valence-electron chi connectivity index (χ4n) is 2.80. The maximum absolute atomic E-state index is 6.20. The van der Waals surface area contributed by atoms with Crippen molar-refractivity contribution < 1.29 is 4.74 Å². The average molecular weight is 227 g/mol. The van der Waals surface area contributed by atoms with Crippen LogP contribution < -0.4 is 5.32 Å². The van der Waals surface area contributed by atoms with E-state index >= 15 is 0 Å². The Morgan fingerprint density at radius 1 is 1.31 bits per heavy atom. The first-order valence-electron chi connectivity index (χ1n) is 7.06. The van der Waals surface area contributed by atoms with Gasteiger partial charge in [-0.25, -0.2) is 0 Å². The van der Waals surface area contributed by atoms with E-state index < -0.39 is 0 Å². The molecular weight excluding hydrogens is 198 g/mol. The second-order valence-electron chi connectivity index (χ2n) is 5.31. The minimum absolute atomic E-state index is 0.347. The number of hydrogen-bond acceptors (Lipinski definition) is 2. The summed E-state index contributed by atoms with van der Waals surface area (Å²) in [7, 11) is 0. The Balaban J connectivity index is 2.33. The van der Waals surface area contributed by atoms with E-state index in [-0.39, 0.29) is 0 Å². The van der Waals surface area contributed by atoms with E-state index in [0.717, 1.165) is 18.9 Å². The van der Waals surface area contributed by atoms with Crippen molar-refractivity contribution in [2.75, 3.05) is 6.54 Å². The lowest BCUT2D eigenvalue weighted by Gasteiger charge is -2.32. The van der Waals surface area contributed by atoms with Crippen LogP contribution in [-0.2, 0) is 4.74 Å². The van der Waals surface area contributed by atoms with Gasteiger partial charge < -0.3 is 10.1 Å². The van der Waals surface area contributed by atoms with Gasteiger partial charge >= 0.3 is 0 Å². The summed E-state index contributed by atoms with van der Waals surface area (Å²) in [5.41, 5.74) is 0. The van der Waals surface area contributed by atoms with Gasteiger partial charge in [0.1, 0.15) is 0 Å². The number of hydrogen-bond donors (Lipinski definition) is 1. The molecule has 2 nitrogen and oxygen atoms in total. The van der Waals surface area contributed by atoms with Gasteiger partial charge in [0.05, 0.1) is 12.2 Å². The molecule has 0 saturated heterocycles. The molecule has 0 aromatic rings. The predicted molar refractivity (Wildman–Crippen MR) is 69.7 cm³/mol. The summed E-state index contributed by atoms with van der Waals surface area (Å²) in [4.78, 5) is 0. The molecule has 0 radical (unpaired) electrons. The number of nitrogens with one attached hydrogen (secondary N) is 1. The fourth-order valence-corrected chi connectivity index (χ4v) is 2.80. The summed E-state index contributed by atoms with van der Waals surface area (Å²) in [6, 6.07) is 0.516. The lowest BCUT2D eigenvalue weighted by molar-refractivity contribution is -0.0460. The molecule has 4 atom stereocenters. The van der Waals surface area contributed by atoms with E-state index in [1.165, 1.54) is 25.7 Å². The first kappa shape index (κ1) is 14.0. The van der Waals surface area contributed by atoms with Crippen molar-refractivity contribution in [2.24, 2.45) is 5.92 Å². The van der Waals surface area contributed by atoms with Gasteiger partial charge in [0, 0.05) is 6.04 Å². The van der Waals surface area contributed by atoms with Crippen LogP contribution in [0.15, 0.2) is 0 Å². The summed E-state index contributed by atoms with van der Waals surface area (Å²) in [5.74, 6) is 0.852. The van der Waals surface area contributed by atoms with E-state index in [1.54, 1.807) is 0 Å². The maximum Gasteiger partial charge on any atom is 0.0703 e. The monoisotopic (exact) mass is 227 g/mol. The minimum atomic E-state index is 0.347. The van der Waals surface area contributed by atoms with Gasteiger partial charge in [-0.15, -0.1) is 0 Å². The smallest absolute Gasteiger partial charge is 0.0703 e. The van der Waals surface area contributed by atoms with Gasteiger partial charge in [0.2, 0.25) is 0 Å². The quantitative estimate of drug-likeness (QED) is 0.751. The van der Waals surface area contributed by atoms with E-state index in [4.69, 9.17) is 4.74 Å². The molecule has 96 valence electrons. The van der Waals surface area contributed by atoms with Crippen LogP contribution >= 0.6 is 0 Å². The molecule has 1 aliphatic carbocycles. The highest BCUT2D eigenvalue weighted by molar-refractivity contribution is 4.76. The molecule has 16 heavy (non-hydrogen) atoms. The largest absolute Gasteiger partial charge is 0.374 e. The molecule has 0 aliphatic heterocycles. The Morgan fingerprint density at radius 2 is 2.06 bits per heavy atom. The van der Waals surface area contributed by atoms with Gasteiger partial charge in [0.15, 0.2) is 0 Å². The number of likely N-dealkylation sites (N-methyl/N-ethyl adjacent to an activating group) is 1. The molecule has 4 unspecified atom stereocenters. The second-order valence-corrected chi connectivity index (χ2v) is 5.31. The van der Waals surface area contributed by atoms with E-state index in [0.29, 0.717) is 18.2 Å². The molecule has 0 heterocycles. The van der Waals surface area contributed by atoms with Crippen LogP contribution in [0.25, 0.3) is 0 Å². The minimum Gasteiger partial charge on any atom is -0.374 e. The summed E-state index contributed by atoms with van der Waals surface area (Å²) >= 11 is 0. The Morgan fingerprint density at radius 3 is 2.62 bits per heavy atom. The van der Waals surface area contributed by atoms with Crippen molar-refractivity contribution in [1.29, 1.82) is 0 Å². The lowest BCUT2D eigenvalue weighted by Crippen LogP contribution is -2.41. The van der Waals surface area contributed by atoms with Gasteiger partial charge in [-0.05, 0) is 38.6 Å². The van der Waals surface area contributed by atoms with Crippen molar-refractivity contribution >= 4 is 0 Å². The Kier molecular flexibility index (Phi) is 6.37. The third kappa shape index (κ3) is 4.42. The zero-order valence-electron chi connectivity index (χ0n) is 11.5. The zero-order valence-corrected chi connectivity index (χ0v) is 11.5. The van der Waals surface area contributed by atoms with Crippen LogP contribution in [-0.4, -0.2) is 24.8 Å². The highest BCUT2D eigenvalue weighted by Crippen LogP contribution is 2.27. The molecule has 2 heteroatoms. The van der Waals surface area contributed by atoms with E-state index in [9.17, 15) is 0 Å². The Bertz CT molecular complexity index is 184. The standard InChI is InChI=1S/C14H29NO/c1-5-14(15-6-2)12(4)16-13-9-7-8-11(3)10-13/h11-15H,5-10H2,1-4H3.